The molecule has 1 aliphatic rings. The van der Waals surface area contributed by atoms with Crippen molar-refractivity contribution in [2.45, 2.75) is 39.3 Å². The summed E-state index contributed by atoms with van der Waals surface area (Å²) in [5.74, 6) is 0.00153. The van der Waals surface area contributed by atoms with Crippen LogP contribution in [0.4, 0.5) is 4.39 Å². The van der Waals surface area contributed by atoms with Gasteiger partial charge in [-0.3, -0.25) is 0 Å². The Kier molecular flexibility index (Phi) is 2.48. The first-order valence-corrected chi connectivity index (χ1v) is 6.38. The zero-order valence-corrected chi connectivity index (χ0v) is 9.25. The predicted octanol–water partition coefficient (Wildman–Crippen LogP) is 1.95. The van der Waals surface area contributed by atoms with Crippen LogP contribution in [-0.2, 0) is 9.84 Å². The molecule has 0 atom stereocenters. The quantitative estimate of drug-likeness (QED) is 0.609. The van der Waals surface area contributed by atoms with Gasteiger partial charge in [-0.2, -0.15) is 0 Å². The monoisotopic (exact) mass is 208 g/mol. The van der Waals surface area contributed by atoms with E-state index >= 15 is 0 Å². The van der Waals surface area contributed by atoms with Gasteiger partial charge in [-0.15, -0.1) is 0 Å². The Morgan fingerprint density at radius 2 is 1.54 bits per heavy atom. The van der Waals surface area contributed by atoms with Gasteiger partial charge in [0.1, 0.15) is 5.67 Å². The lowest BCUT2D eigenvalue weighted by molar-refractivity contribution is 0.0195. The summed E-state index contributed by atoms with van der Waals surface area (Å²) >= 11 is 0. The predicted molar refractivity (Wildman–Crippen MR) is 51.2 cm³/mol. The highest BCUT2D eigenvalue weighted by Crippen LogP contribution is 2.42. The van der Waals surface area contributed by atoms with E-state index in [1.807, 2.05) is 20.8 Å². The lowest BCUT2D eigenvalue weighted by Gasteiger charge is -2.40. The van der Waals surface area contributed by atoms with Crippen molar-refractivity contribution in [2.75, 3.05) is 11.5 Å². The molecule has 1 rings (SSSR count). The Labute approximate surface area is 79.4 Å². The van der Waals surface area contributed by atoms with E-state index in [0.29, 0.717) is 0 Å². The molecule has 1 heterocycles. The molecule has 1 saturated heterocycles. The van der Waals surface area contributed by atoms with Crippen LogP contribution < -0.4 is 0 Å². The second-order valence-corrected chi connectivity index (χ2v) is 7.17. The summed E-state index contributed by atoms with van der Waals surface area (Å²) in [6, 6.07) is 0. The molecule has 0 unspecified atom stereocenters. The molecule has 0 N–H and O–H groups in total. The minimum absolute atomic E-state index is 0.000764. The highest BCUT2D eigenvalue weighted by Gasteiger charge is 2.46. The molecule has 0 aliphatic carbocycles. The SMILES string of the molecule is CC(C)(C)C1(F)CCS(=O)(=O)CC1. The number of hydrogen-bond donors (Lipinski definition) is 0. The van der Waals surface area contributed by atoms with Gasteiger partial charge in [0.25, 0.3) is 0 Å². The third kappa shape index (κ3) is 2.22. The minimum atomic E-state index is -2.95. The van der Waals surface area contributed by atoms with Crippen LogP contribution in [0.15, 0.2) is 0 Å². The summed E-state index contributed by atoms with van der Waals surface area (Å²) in [6.07, 6.45) is 0.303. The van der Waals surface area contributed by atoms with Crippen molar-refractivity contribution in [1.82, 2.24) is 0 Å². The van der Waals surface area contributed by atoms with Crippen LogP contribution in [0.2, 0.25) is 0 Å². The van der Waals surface area contributed by atoms with Crippen LogP contribution in [0.25, 0.3) is 0 Å². The van der Waals surface area contributed by atoms with E-state index in [0.717, 1.165) is 0 Å². The average molecular weight is 208 g/mol. The van der Waals surface area contributed by atoms with Crippen molar-refractivity contribution in [3.8, 4) is 0 Å². The Morgan fingerprint density at radius 3 is 1.85 bits per heavy atom. The standard InChI is InChI=1S/C9H17FO2S/c1-8(2,3)9(10)4-6-13(11,12)7-5-9/h4-7H2,1-3H3. The van der Waals surface area contributed by atoms with E-state index < -0.39 is 20.9 Å². The number of hydrogen-bond acceptors (Lipinski definition) is 2. The Bertz CT molecular complexity index is 273. The Morgan fingerprint density at radius 1 is 1.15 bits per heavy atom. The second kappa shape index (κ2) is 2.94. The second-order valence-electron chi connectivity index (χ2n) is 4.87. The average Bonchev–Trinajstić information content (AvgIpc) is 1.94. The summed E-state index contributed by atoms with van der Waals surface area (Å²) in [6.45, 7) is 5.47. The maximum Gasteiger partial charge on any atom is 0.150 e. The van der Waals surface area contributed by atoms with Crippen LogP contribution in [0.1, 0.15) is 33.6 Å². The largest absolute Gasteiger partial charge is 0.243 e. The molecule has 0 spiro atoms. The summed E-state index contributed by atoms with van der Waals surface area (Å²) in [5.41, 5.74) is -1.76. The van der Waals surface area contributed by atoms with Gasteiger partial charge in [-0.05, 0) is 18.3 Å². The maximum atomic E-state index is 14.2. The molecular formula is C9H17FO2S. The summed E-state index contributed by atoms with van der Waals surface area (Å²) in [4.78, 5) is 0. The van der Waals surface area contributed by atoms with E-state index in [1.165, 1.54) is 0 Å². The molecule has 0 aromatic carbocycles. The van der Waals surface area contributed by atoms with Gasteiger partial charge in [0.2, 0.25) is 0 Å². The van der Waals surface area contributed by atoms with Crippen molar-refractivity contribution in [3.63, 3.8) is 0 Å². The molecule has 0 amide bonds. The summed E-state index contributed by atoms with van der Waals surface area (Å²) in [7, 11) is -2.95. The van der Waals surface area contributed by atoms with E-state index in [-0.39, 0.29) is 24.3 Å². The smallest absolute Gasteiger partial charge is 0.150 e. The fraction of sp³-hybridized carbons (Fsp3) is 1.00. The van der Waals surface area contributed by atoms with Gasteiger partial charge in [0, 0.05) is 0 Å². The van der Waals surface area contributed by atoms with Gasteiger partial charge in [-0.25, -0.2) is 12.8 Å². The molecule has 4 heteroatoms. The first-order chi connectivity index (χ1) is 5.66. The molecule has 1 fully saturated rings. The van der Waals surface area contributed by atoms with Crippen LogP contribution in [0.3, 0.4) is 0 Å². The van der Waals surface area contributed by atoms with Gasteiger partial charge < -0.3 is 0 Å². The molecule has 0 saturated carbocycles. The topological polar surface area (TPSA) is 34.1 Å². The zero-order valence-electron chi connectivity index (χ0n) is 8.43. The summed E-state index contributed by atoms with van der Waals surface area (Å²) in [5, 5.41) is 0. The van der Waals surface area contributed by atoms with Crippen molar-refractivity contribution in [1.29, 1.82) is 0 Å². The van der Waals surface area contributed by atoms with Gasteiger partial charge in [0.05, 0.1) is 11.5 Å². The fourth-order valence-corrected chi connectivity index (χ4v) is 3.08. The zero-order chi connectivity index (χ0) is 10.3. The van der Waals surface area contributed by atoms with Crippen LogP contribution in [-0.4, -0.2) is 25.6 Å². The molecular weight excluding hydrogens is 191 g/mol. The van der Waals surface area contributed by atoms with E-state index in [1.54, 1.807) is 0 Å². The minimum Gasteiger partial charge on any atom is -0.243 e. The molecule has 0 bridgehead atoms. The normalized spacial score (nSPS) is 27.1. The lowest BCUT2D eigenvalue weighted by Crippen LogP contribution is -2.45. The highest BCUT2D eigenvalue weighted by atomic mass is 32.2. The lowest BCUT2D eigenvalue weighted by atomic mass is 9.74. The van der Waals surface area contributed by atoms with Crippen molar-refractivity contribution >= 4 is 9.84 Å². The van der Waals surface area contributed by atoms with E-state index in [2.05, 4.69) is 0 Å². The number of sulfone groups is 1. The van der Waals surface area contributed by atoms with Crippen LogP contribution in [0, 0.1) is 5.41 Å². The number of rotatable bonds is 0. The molecule has 0 aromatic heterocycles. The van der Waals surface area contributed by atoms with Crippen molar-refractivity contribution in [2.24, 2.45) is 5.41 Å². The van der Waals surface area contributed by atoms with Gasteiger partial charge >= 0.3 is 0 Å². The molecule has 13 heavy (non-hydrogen) atoms. The van der Waals surface area contributed by atoms with Crippen LogP contribution in [0.5, 0.6) is 0 Å². The number of halogens is 1. The molecule has 2 nitrogen and oxygen atoms in total. The Balaban J connectivity index is 2.79. The van der Waals surface area contributed by atoms with E-state index in [9.17, 15) is 12.8 Å². The van der Waals surface area contributed by atoms with Crippen molar-refractivity contribution < 1.29 is 12.8 Å². The third-order valence-electron chi connectivity index (χ3n) is 2.96. The van der Waals surface area contributed by atoms with Gasteiger partial charge in [-0.1, -0.05) is 20.8 Å². The molecule has 1 aliphatic heterocycles. The first kappa shape index (κ1) is 11.0. The first-order valence-electron chi connectivity index (χ1n) is 4.56. The molecule has 0 aromatic rings. The third-order valence-corrected chi connectivity index (χ3v) is 4.62. The van der Waals surface area contributed by atoms with Crippen molar-refractivity contribution in [3.05, 3.63) is 0 Å². The summed E-state index contributed by atoms with van der Waals surface area (Å²) < 4.78 is 36.4. The van der Waals surface area contributed by atoms with Crippen LogP contribution >= 0.6 is 0 Å². The highest BCUT2D eigenvalue weighted by molar-refractivity contribution is 7.91. The maximum absolute atomic E-state index is 14.2. The fourth-order valence-electron chi connectivity index (χ4n) is 1.61. The number of alkyl halides is 1. The Hall–Kier alpha value is -0.120. The van der Waals surface area contributed by atoms with Gasteiger partial charge in [0.15, 0.2) is 9.84 Å². The molecule has 78 valence electrons. The molecule has 0 radical (unpaired) electrons. The van der Waals surface area contributed by atoms with E-state index in [4.69, 9.17) is 0 Å².